The topological polar surface area (TPSA) is 76.5 Å². The lowest BCUT2D eigenvalue weighted by atomic mass is 10.1. The van der Waals surface area contributed by atoms with Gasteiger partial charge in [0.15, 0.2) is 0 Å². The Morgan fingerprint density at radius 3 is 2.47 bits per heavy atom. The Hall–Kier alpha value is -3.68. The summed E-state index contributed by atoms with van der Waals surface area (Å²) in [5.74, 6) is -0.109. The standard InChI is InChI=1S/C24H25FN4O3/c1-15(18-6-8-19(9-7-18)24(31)32-3)26-22(30)21-16(2)27-29-13-12-28(23(21)29)14-17-4-10-20(25)11-5-17/h4-11,15H,12-14H2,1-3H3,(H,26,30)/t15-/m0/s1. The zero-order chi connectivity index (χ0) is 22.8. The predicted octanol–water partition coefficient (Wildman–Crippen LogP) is 3.63. The first kappa shape index (κ1) is 21.5. The van der Waals surface area contributed by atoms with E-state index < -0.39 is 5.97 Å². The van der Waals surface area contributed by atoms with E-state index in [1.54, 1.807) is 36.4 Å². The van der Waals surface area contributed by atoms with E-state index in [2.05, 4.69) is 15.3 Å². The maximum Gasteiger partial charge on any atom is 0.337 e. The fraction of sp³-hybridized carbons (Fsp3) is 0.292. The van der Waals surface area contributed by atoms with Crippen molar-refractivity contribution in [2.75, 3.05) is 18.6 Å². The number of anilines is 1. The maximum absolute atomic E-state index is 13.3. The van der Waals surface area contributed by atoms with Gasteiger partial charge < -0.3 is 15.0 Å². The van der Waals surface area contributed by atoms with Crippen LogP contribution >= 0.6 is 0 Å². The molecule has 1 aromatic heterocycles. The van der Waals surface area contributed by atoms with Gasteiger partial charge in [-0.25, -0.2) is 13.9 Å². The van der Waals surface area contributed by atoms with Gasteiger partial charge in [-0.15, -0.1) is 0 Å². The van der Waals surface area contributed by atoms with Crippen LogP contribution in [0.1, 0.15) is 50.5 Å². The molecule has 4 rings (SSSR count). The van der Waals surface area contributed by atoms with Gasteiger partial charge in [-0.1, -0.05) is 24.3 Å². The maximum atomic E-state index is 13.3. The highest BCUT2D eigenvalue weighted by Gasteiger charge is 2.30. The summed E-state index contributed by atoms with van der Waals surface area (Å²) in [6.45, 7) is 5.70. The molecule has 0 saturated carbocycles. The average molecular weight is 436 g/mol. The molecule has 166 valence electrons. The van der Waals surface area contributed by atoms with Gasteiger partial charge in [0.25, 0.3) is 5.91 Å². The van der Waals surface area contributed by atoms with Crippen LogP contribution in [0, 0.1) is 12.7 Å². The van der Waals surface area contributed by atoms with Crippen LogP contribution in [0.15, 0.2) is 48.5 Å². The third-order valence-electron chi connectivity index (χ3n) is 5.68. The van der Waals surface area contributed by atoms with Gasteiger partial charge >= 0.3 is 5.97 Å². The van der Waals surface area contributed by atoms with Crippen LogP contribution < -0.4 is 10.2 Å². The lowest BCUT2D eigenvalue weighted by Gasteiger charge is -2.20. The third kappa shape index (κ3) is 4.21. The first-order valence-electron chi connectivity index (χ1n) is 10.4. The SMILES string of the molecule is COC(=O)c1ccc([C@H](C)NC(=O)c2c(C)nn3c2N(Cc2ccc(F)cc2)CC3)cc1. The number of ether oxygens (including phenoxy) is 1. The largest absolute Gasteiger partial charge is 0.465 e. The highest BCUT2D eigenvalue weighted by molar-refractivity contribution is 6.00. The van der Waals surface area contributed by atoms with Gasteiger partial charge in [0.2, 0.25) is 0 Å². The number of hydrogen-bond donors (Lipinski definition) is 1. The molecular formula is C24H25FN4O3. The minimum Gasteiger partial charge on any atom is -0.465 e. The van der Waals surface area contributed by atoms with Gasteiger partial charge in [0, 0.05) is 13.1 Å². The van der Waals surface area contributed by atoms with Crippen LogP contribution in [0.3, 0.4) is 0 Å². The lowest BCUT2D eigenvalue weighted by Crippen LogP contribution is -2.29. The van der Waals surface area contributed by atoms with E-state index in [-0.39, 0.29) is 17.8 Å². The van der Waals surface area contributed by atoms with Crippen molar-refractivity contribution in [1.29, 1.82) is 0 Å². The molecule has 8 heteroatoms. The third-order valence-corrected chi connectivity index (χ3v) is 5.68. The molecule has 0 saturated heterocycles. The Kier molecular flexibility index (Phi) is 5.94. The fourth-order valence-corrected chi connectivity index (χ4v) is 3.98. The number of rotatable bonds is 6. The Morgan fingerprint density at radius 1 is 1.12 bits per heavy atom. The average Bonchev–Trinajstić information content (AvgIpc) is 3.32. The molecule has 3 aromatic rings. The fourth-order valence-electron chi connectivity index (χ4n) is 3.98. The van der Waals surface area contributed by atoms with Crippen molar-refractivity contribution in [3.05, 3.63) is 82.3 Å². The lowest BCUT2D eigenvalue weighted by molar-refractivity contribution is 0.0600. The number of benzene rings is 2. The number of carbonyl (C=O) groups excluding carboxylic acids is 2. The van der Waals surface area contributed by atoms with Crippen molar-refractivity contribution in [2.24, 2.45) is 0 Å². The van der Waals surface area contributed by atoms with E-state index in [4.69, 9.17) is 4.74 Å². The van der Waals surface area contributed by atoms with Crippen LogP contribution in [0.5, 0.6) is 0 Å². The number of methoxy groups -OCH3 is 1. The number of nitrogens with one attached hydrogen (secondary N) is 1. The molecule has 2 heterocycles. The van der Waals surface area contributed by atoms with Gasteiger partial charge in [-0.05, 0) is 49.2 Å². The second-order valence-electron chi connectivity index (χ2n) is 7.86. The summed E-state index contributed by atoms with van der Waals surface area (Å²) >= 11 is 0. The smallest absolute Gasteiger partial charge is 0.337 e. The van der Waals surface area contributed by atoms with Crippen LogP contribution in [-0.4, -0.2) is 35.3 Å². The summed E-state index contributed by atoms with van der Waals surface area (Å²) in [5, 5.41) is 7.58. The summed E-state index contributed by atoms with van der Waals surface area (Å²) < 4.78 is 19.8. The van der Waals surface area contributed by atoms with Gasteiger partial charge in [0.05, 0.1) is 31.0 Å². The van der Waals surface area contributed by atoms with E-state index in [9.17, 15) is 14.0 Å². The number of carbonyl (C=O) groups is 2. The number of fused-ring (bicyclic) bond motifs is 1. The zero-order valence-electron chi connectivity index (χ0n) is 18.3. The Balaban J connectivity index is 1.52. The highest BCUT2D eigenvalue weighted by atomic mass is 19.1. The quantitative estimate of drug-likeness (QED) is 0.597. The number of aryl methyl sites for hydroxylation is 1. The van der Waals surface area contributed by atoms with E-state index >= 15 is 0 Å². The Morgan fingerprint density at radius 2 is 1.81 bits per heavy atom. The molecule has 1 aliphatic rings. The van der Waals surface area contributed by atoms with E-state index in [0.29, 0.717) is 29.9 Å². The molecule has 0 radical (unpaired) electrons. The predicted molar refractivity (Wildman–Crippen MR) is 118 cm³/mol. The number of esters is 1. The highest BCUT2D eigenvalue weighted by Crippen LogP contribution is 2.30. The Bertz CT molecular complexity index is 1140. The van der Waals surface area contributed by atoms with Crippen molar-refractivity contribution >= 4 is 17.7 Å². The molecule has 1 aliphatic heterocycles. The van der Waals surface area contributed by atoms with Crippen LogP contribution in [-0.2, 0) is 17.8 Å². The van der Waals surface area contributed by atoms with Crippen molar-refractivity contribution in [1.82, 2.24) is 15.1 Å². The van der Waals surface area contributed by atoms with Crippen LogP contribution in [0.25, 0.3) is 0 Å². The first-order chi connectivity index (χ1) is 15.4. The second kappa shape index (κ2) is 8.82. The first-order valence-corrected chi connectivity index (χ1v) is 10.4. The molecular weight excluding hydrogens is 411 g/mol. The molecule has 32 heavy (non-hydrogen) atoms. The van der Waals surface area contributed by atoms with Crippen molar-refractivity contribution in [3.8, 4) is 0 Å². The summed E-state index contributed by atoms with van der Waals surface area (Å²) in [7, 11) is 1.34. The molecule has 1 N–H and O–H groups in total. The normalized spacial score (nSPS) is 13.6. The summed E-state index contributed by atoms with van der Waals surface area (Å²) in [6.07, 6.45) is 0. The number of nitrogens with zero attached hydrogens (tertiary/aromatic N) is 3. The molecule has 2 aromatic carbocycles. The monoisotopic (exact) mass is 436 g/mol. The van der Waals surface area contributed by atoms with Gasteiger partial charge in [-0.2, -0.15) is 5.10 Å². The number of amides is 1. The summed E-state index contributed by atoms with van der Waals surface area (Å²) in [5.41, 5.74) is 3.49. The van der Waals surface area contributed by atoms with Crippen molar-refractivity contribution in [3.63, 3.8) is 0 Å². The molecule has 1 amide bonds. The minimum atomic E-state index is -0.402. The summed E-state index contributed by atoms with van der Waals surface area (Å²) in [4.78, 5) is 26.9. The summed E-state index contributed by atoms with van der Waals surface area (Å²) in [6, 6.07) is 13.1. The number of hydrogen-bond acceptors (Lipinski definition) is 5. The van der Waals surface area contributed by atoms with Gasteiger partial charge in [-0.3, -0.25) is 4.79 Å². The Labute approximate surface area is 185 Å². The molecule has 7 nitrogen and oxygen atoms in total. The molecule has 0 fully saturated rings. The van der Waals surface area contributed by atoms with E-state index in [1.807, 2.05) is 18.5 Å². The number of halogens is 1. The van der Waals surface area contributed by atoms with Crippen LogP contribution in [0.2, 0.25) is 0 Å². The molecule has 0 bridgehead atoms. The van der Waals surface area contributed by atoms with Crippen molar-refractivity contribution in [2.45, 2.75) is 33.0 Å². The van der Waals surface area contributed by atoms with Gasteiger partial charge in [0.1, 0.15) is 17.2 Å². The molecule has 1 atom stereocenters. The van der Waals surface area contributed by atoms with Crippen LogP contribution in [0.4, 0.5) is 10.2 Å². The minimum absolute atomic E-state index is 0.209. The molecule has 0 unspecified atom stereocenters. The number of aromatic nitrogens is 2. The van der Waals surface area contributed by atoms with E-state index in [1.165, 1.54) is 19.2 Å². The van der Waals surface area contributed by atoms with Crippen molar-refractivity contribution < 1.29 is 18.7 Å². The molecule has 0 aliphatic carbocycles. The molecule has 0 spiro atoms. The van der Waals surface area contributed by atoms with E-state index in [0.717, 1.165) is 23.5 Å². The zero-order valence-corrected chi connectivity index (χ0v) is 18.3. The second-order valence-corrected chi connectivity index (χ2v) is 7.86.